The Labute approximate surface area is 183 Å². The molecule has 1 atom stereocenters. The molecule has 8 heteroatoms. The molecule has 0 bridgehead atoms. The number of ether oxygens (including phenoxy) is 1. The molecule has 1 fully saturated rings. The van der Waals surface area contributed by atoms with Gasteiger partial charge in [-0.15, -0.1) is 0 Å². The van der Waals surface area contributed by atoms with Crippen LogP contribution < -0.4 is 5.32 Å². The molecule has 1 saturated heterocycles. The van der Waals surface area contributed by atoms with Crippen molar-refractivity contribution < 1.29 is 22.7 Å². The Morgan fingerprint density at radius 3 is 2.48 bits per heavy atom. The lowest BCUT2D eigenvalue weighted by atomic mass is 10.1. The molecule has 0 aliphatic carbocycles. The van der Waals surface area contributed by atoms with E-state index >= 15 is 0 Å². The first-order valence-corrected chi connectivity index (χ1v) is 11.8. The van der Waals surface area contributed by atoms with Crippen LogP contribution >= 0.6 is 0 Å². The van der Waals surface area contributed by atoms with Gasteiger partial charge in [-0.2, -0.15) is 4.31 Å². The lowest BCUT2D eigenvalue weighted by Gasteiger charge is -2.32. The van der Waals surface area contributed by atoms with Crippen molar-refractivity contribution in [1.82, 2.24) is 4.31 Å². The number of benzene rings is 2. The minimum absolute atomic E-state index is 0.0426. The number of anilines is 1. The Bertz CT molecular complexity index is 1060. The summed E-state index contributed by atoms with van der Waals surface area (Å²) in [5.74, 6) is -1.13. The number of carbonyl (C=O) groups excluding carboxylic acids is 2. The lowest BCUT2D eigenvalue weighted by Crippen LogP contribution is -2.41. The molecule has 1 N–H and O–H groups in total. The minimum Gasteiger partial charge on any atom is -0.452 e. The van der Waals surface area contributed by atoms with Gasteiger partial charge in [-0.3, -0.25) is 4.79 Å². The second kappa shape index (κ2) is 9.62. The Morgan fingerprint density at radius 1 is 1.10 bits per heavy atom. The summed E-state index contributed by atoms with van der Waals surface area (Å²) < 4.78 is 32.3. The standard InChI is InChI=1S/C23H28N2O5S/c1-16-7-8-17(2)21(14-16)24-22(26)15-30-23(27)19-9-11-20(12-10-19)31(28,29)25-13-5-4-6-18(25)3/h7-12,14,18H,4-6,13,15H2,1-3H3,(H,24,26). The van der Waals surface area contributed by atoms with E-state index in [-0.39, 0.29) is 16.5 Å². The predicted octanol–water partition coefficient (Wildman–Crippen LogP) is 3.66. The van der Waals surface area contributed by atoms with E-state index in [2.05, 4.69) is 5.32 Å². The van der Waals surface area contributed by atoms with Crippen LogP contribution in [0.1, 0.15) is 47.7 Å². The highest BCUT2D eigenvalue weighted by Gasteiger charge is 2.31. The van der Waals surface area contributed by atoms with E-state index in [1.165, 1.54) is 28.6 Å². The van der Waals surface area contributed by atoms with Gasteiger partial charge < -0.3 is 10.1 Å². The summed E-state index contributed by atoms with van der Waals surface area (Å²) in [6.45, 7) is 5.78. The molecular weight excluding hydrogens is 416 g/mol. The maximum Gasteiger partial charge on any atom is 0.338 e. The molecule has 1 unspecified atom stereocenters. The number of hydrogen-bond acceptors (Lipinski definition) is 5. The van der Waals surface area contributed by atoms with Gasteiger partial charge in [0.05, 0.1) is 10.5 Å². The fourth-order valence-corrected chi connectivity index (χ4v) is 5.30. The molecule has 31 heavy (non-hydrogen) atoms. The SMILES string of the molecule is Cc1ccc(C)c(NC(=O)COC(=O)c2ccc(S(=O)(=O)N3CCCCC3C)cc2)c1. The molecule has 7 nitrogen and oxygen atoms in total. The number of esters is 1. The second-order valence-corrected chi connectivity index (χ2v) is 9.82. The van der Waals surface area contributed by atoms with Crippen LogP contribution in [0, 0.1) is 13.8 Å². The molecule has 1 heterocycles. The summed E-state index contributed by atoms with van der Waals surface area (Å²) in [6, 6.07) is 11.3. The second-order valence-electron chi connectivity index (χ2n) is 7.93. The molecule has 2 aromatic carbocycles. The maximum absolute atomic E-state index is 12.9. The van der Waals surface area contributed by atoms with Crippen molar-refractivity contribution in [1.29, 1.82) is 0 Å². The quantitative estimate of drug-likeness (QED) is 0.687. The minimum atomic E-state index is -3.60. The number of hydrogen-bond donors (Lipinski definition) is 1. The largest absolute Gasteiger partial charge is 0.452 e. The van der Waals surface area contributed by atoms with Crippen LogP contribution in [-0.2, 0) is 19.6 Å². The third-order valence-electron chi connectivity index (χ3n) is 5.44. The number of rotatable bonds is 6. The van der Waals surface area contributed by atoms with E-state index in [0.29, 0.717) is 12.2 Å². The number of carbonyl (C=O) groups is 2. The molecule has 0 spiro atoms. The van der Waals surface area contributed by atoms with E-state index in [4.69, 9.17) is 4.74 Å². The van der Waals surface area contributed by atoms with Crippen LogP contribution in [0.25, 0.3) is 0 Å². The highest BCUT2D eigenvalue weighted by atomic mass is 32.2. The molecule has 1 aliphatic heterocycles. The van der Waals surface area contributed by atoms with Crippen molar-refractivity contribution in [3.63, 3.8) is 0 Å². The molecule has 0 saturated carbocycles. The summed E-state index contributed by atoms with van der Waals surface area (Å²) >= 11 is 0. The van der Waals surface area contributed by atoms with Crippen LogP contribution in [0.15, 0.2) is 47.4 Å². The number of sulfonamides is 1. The van der Waals surface area contributed by atoms with E-state index in [0.717, 1.165) is 30.4 Å². The topological polar surface area (TPSA) is 92.8 Å². The van der Waals surface area contributed by atoms with Crippen LogP contribution in [0.2, 0.25) is 0 Å². The van der Waals surface area contributed by atoms with Gasteiger partial charge in [0.2, 0.25) is 10.0 Å². The highest BCUT2D eigenvalue weighted by molar-refractivity contribution is 7.89. The summed E-state index contributed by atoms with van der Waals surface area (Å²) in [5.41, 5.74) is 2.77. The molecule has 166 valence electrons. The van der Waals surface area contributed by atoms with Gasteiger partial charge in [-0.1, -0.05) is 18.6 Å². The van der Waals surface area contributed by atoms with Gasteiger partial charge in [0.15, 0.2) is 6.61 Å². The van der Waals surface area contributed by atoms with Crippen molar-refractivity contribution in [3.8, 4) is 0 Å². The zero-order valence-electron chi connectivity index (χ0n) is 18.1. The molecule has 1 aliphatic rings. The van der Waals surface area contributed by atoms with Crippen LogP contribution in [0.4, 0.5) is 5.69 Å². The van der Waals surface area contributed by atoms with Crippen molar-refractivity contribution >= 4 is 27.6 Å². The predicted molar refractivity (Wildman–Crippen MR) is 118 cm³/mol. The molecule has 3 rings (SSSR count). The first-order valence-electron chi connectivity index (χ1n) is 10.3. The van der Waals surface area contributed by atoms with Crippen molar-refractivity contribution in [2.24, 2.45) is 0 Å². The monoisotopic (exact) mass is 444 g/mol. The van der Waals surface area contributed by atoms with Crippen molar-refractivity contribution in [3.05, 3.63) is 59.2 Å². The Hall–Kier alpha value is -2.71. The van der Waals surface area contributed by atoms with E-state index < -0.39 is 28.5 Å². The van der Waals surface area contributed by atoms with Crippen LogP contribution in [0.5, 0.6) is 0 Å². The van der Waals surface area contributed by atoms with Gasteiger partial charge in [0.1, 0.15) is 0 Å². The third kappa shape index (κ3) is 5.51. The molecule has 0 radical (unpaired) electrons. The first-order chi connectivity index (χ1) is 14.7. The third-order valence-corrected chi connectivity index (χ3v) is 7.47. The number of piperidine rings is 1. The van der Waals surface area contributed by atoms with Crippen molar-refractivity contribution in [2.45, 2.75) is 51.0 Å². The summed E-state index contributed by atoms with van der Waals surface area (Å²) in [7, 11) is -3.60. The average Bonchev–Trinajstić information content (AvgIpc) is 2.75. The Morgan fingerprint density at radius 2 is 1.81 bits per heavy atom. The van der Waals surface area contributed by atoms with E-state index in [9.17, 15) is 18.0 Å². The van der Waals surface area contributed by atoms with Gasteiger partial charge >= 0.3 is 5.97 Å². The molecule has 2 aromatic rings. The fraction of sp³-hybridized carbons (Fsp3) is 0.391. The molecular formula is C23H28N2O5S. The number of nitrogens with one attached hydrogen (secondary N) is 1. The molecule has 1 amide bonds. The van der Waals surface area contributed by atoms with Gasteiger partial charge in [0, 0.05) is 18.3 Å². The van der Waals surface area contributed by atoms with E-state index in [1.807, 2.05) is 39.0 Å². The zero-order chi connectivity index (χ0) is 22.6. The normalized spacial score (nSPS) is 17.2. The van der Waals surface area contributed by atoms with Gasteiger partial charge in [0.25, 0.3) is 5.91 Å². The van der Waals surface area contributed by atoms with E-state index in [1.54, 1.807) is 0 Å². The lowest BCUT2D eigenvalue weighted by molar-refractivity contribution is -0.119. The highest BCUT2D eigenvalue weighted by Crippen LogP contribution is 2.25. The number of aryl methyl sites for hydroxylation is 2. The maximum atomic E-state index is 12.9. The summed E-state index contributed by atoms with van der Waals surface area (Å²) in [5, 5.41) is 2.73. The zero-order valence-corrected chi connectivity index (χ0v) is 18.9. The average molecular weight is 445 g/mol. The smallest absolute Gasteiger partial charge is 0.338 e. The number of amides is 1. The first kappa shape index (κ1) is 23.0. The van der Waals surface area contributed by atoms with Crippen LogP contribution in [-0.4, -0.2) is 43.8 Å². The van der Waals surface area contributed by atoms with Crippen molar-refractivity contribution in [2.75, 3.05) is 18.5 Å². The van der Waals surface area contributed by atoms with Crippen LogP contribution in [0.3, 0.4) is 0 Å². The molecule has 0 aromatic heterocycles. The van der Waals surface area contributed by atoms with Gasteiger partial charge in [-0.25, -0.2) is 13.2 Å². The summed E-state index contributed by atoms with van der Waals surface area (Å²) in [4.78, 5) is 24.5. The fourth-order valence-electron chi connectivity index (χ4n) is 3.60. The Balaban J connectivity index is 1.60. The van der Waals surface area contributed by atoms with Gasteiger partial charge in [-0.05, 0) is 75.1 Å². The Kier molecular flexibility index (Phi) is 7.12. The summed E-state index contributed by atoms with van der Waals surface area (Å²) in [6.07, 6.45) is 2.71. The number of nitrogens with zero attached hydrogens (tertiary/aromatic N) is 1.